The molecule has 10 rings (SSSR count). The lowest BCUT2D eigenvalue weighted by Gasteiger charge is -2.50. The first-order valence-corrected chi connectivity index (χ1v) is 17.6. The summed E-state index contributed by atoms with van der Waals surface area (Å²) in [4.78, 5) is 10.1. The van der Waals surface area contributed by atoms with Crippen LogP contribution in [0.15, 0.2) is 170 Å². The molecule has 3 heteroatoms. The van der Waals surface area contributed by atoms with Crippen LogP contribution in [0.1, 0.15) is 47.2 Å². The minimum atomic E-state index is -0.562. The predicted octanol–water partition coefficient (Wildman–Crippen LogP) is 11.8. The van der Waals surface area contributed by atoms with Gasteiger partial charge >= 0.3 is 0 Å². The van der Waals surface area contributed by atoms with E-state index >= 15 is 0 Å². The van der Waals surface area contributed by atoms with Gasteiger partial charge in [0.05, 0.1) is 16.6 Å². The maximum Gasteiger partial charge on any atom is 0.160 e. The summed E-state index contributed by atoms with van der Waals surface area (Å²) in [5.74, 6) is 2.52. The highest BCUT2D eigenvalue weighted by Gasteiger charge is 2.52. The number of nitrogens with zero attached hydrogens (tertiary/aromatic N) is 2. The highest BCUT2D eigenvalue weighted by Crippen LogP contribution is 2.61. The van der Waals surface area contributed by atoms with Gasteiger partial charge in [0.2, 0.25) is 0 Å². The quantitative estimate of drug-likeness (QED) is 0.190. The smallest absolute Gasteiger partial charge is 0.160 e. The Morgan fingerprint density at radius 2 is 0.980 bits per heavy atom. The fraction of sp³-hybridized carbons (Fsp3) is 0.0833. The molecule has 242 valence electrons. The van der Waals surface area contributed by atoms with Crippen molar-refractivity contribution in [2.24, 2.45) is 0 Å². The van der Waals surface area contributed by atoms with Crippen molar-refractivity contribution in [2.75, 3.05) is 0 Å². The lowest BCUT2D eigenvalue weighted by molar-refractivity contribution is 0.425. The molecule has 8 aromatic rings. The van der Waals surface area contributed by atoms with E-state index in [1.165, 1.54) is 33.4 Å². The van der Waals surface area contributed by atoms with E-state index < -0.39 is 5.41 Å². The third kappa shape index (κ3) is 4.31. The van der Waals surface area contributed by atoms with E-state index in [9.17, 15) is 0 Å². The first kappa shape index (κ1) is 29.6. The Balaban J connectivity index is 1.22. The normalized spacial score (nSPS) is 14.5. The van der Waals surface area contributed by atoms with E-state index in [0.29, 0.717) is 0 Å². The van der Waals surface area contributed by atoms with Crippen LogP contribution in [0.4, 0.5) is 0 Å². The molecule has 0 unspecified atom stereocenters. The molecule has 1 aliphatic carbocycles. The Kier molecular flexibility index (Phi) is 6.44. The van der Waals surface area contributed by atoms with Crippen LogP contribution in [0.2, 0.25) is 0 Å². The van der Waals surface area contributed by atoms with Crippen LogP contribution in [0.25, 0.3) is 44.7 Å². The molecular formula is C48H34N2O. The first-order valence-electron chi connectivity index (χ1n) is 17.6. The van der Waals surface area contributed by atoms with Crippen molar-refractivity contribution in [3.05, 3.63) is 203 Å². The summed E-state index contributed by atoms with van der Waals surface area (Å²) in [7, 11) is 0. The SMILES string of the molecule is CC1(C)c2ccccc2C2(c3ccccc3Oc3ccccc32)c2cc(-c3cccc(-c4nc(-c5ccccc5)nc5ccccc45)c3)ccc21. The highest BCUT2D eigenvalue weighted by atomic mass is 16.5. The number of benzene rings is 7. The van der Waals surface area contributed by atoms with Crippen molar-refractivity contribution >= 4 is 10.9 Å². The molecular weight excluding hydrogens is 621 g/mol. The fourth-order valence-corrected chi connectivity index (χ4v) is 8.66. The molecule has 0 saturated carbocycles. The van der Waals surface area contributed by atoms with Gasteiger partial charge in [0.25, 0.3) is 0 Å². The second kappa shape index (κ2) is 11.1. The number of para-hydroxylation sites is 3. The molecule has 51 heavy (non-hydrogen) atoms. The predicted molar refractivity (Wildman–Crippen MR) is 206 cm³/mol. The molecule has 2 heterocycles. The molecule has 0 saturated heterocycles. The van der Waals surface area contributed by atoms with E-state index in [-0.39, 0.29) is 5.41 Å². The van der Waals surface area contributed by atoms with Gasteiger partial charge in [-0.25, -0.2) is 9.97 Å². The largest absolute Gasteiger partial charge is 0.457 e. The lowest BCUT2D eigenvalue weighted by atomic mass is 9.53. The van der Waals surface area contributed by atoms with Crippen molar-refractivity contribution in [3.8, 4) is 45.3 Å². The van der Waals surface area contributed by atoms with Gasteiger partial charge in [0.1, 0.15) is 11.5 Å². The average Bonchev–Trinajstić information content (AvgIpc) is 3.19. The summed E-state index contributed by atoms with van der Waals surface area (Å²) in [5.41, 5.74) is 13.0. The zero-order valence-corrected chi connectivity index (χ0v) is 28.5. The van der Waals surface area contributed by atoms with Gasteiger partial charge in [-0.1, -0.05) is 153 Å². The summed E-state index contributed by atoms with van der Waals surface area (Å²) in [6, 6.07) is 60.6. The molecule has 0 radical (unpaired) electrons. The van der Waals surface area contributed by atoms with Gasteiger partial charge in [-0.3, -0.25) is 0 Å². The van der Waals surface area contributed by atoms with E-state index in [1.54, 1.807) is 0 Å². The summed E-state index contributed by atoms with van der Waals surface area (Å²) in [6.45, 7) is 4.72. The number of rotatable bonds is 3. The van der Waals surface area contributed by atoms with Crippen LogP contribution in [0.3, 0.4) is 0 Å². The molecule has 1 aromatic heterocycles. The van der Waals surface area contributed by atoms with Crippen LogP contribution in [0.5, 0.6) is 11.5 Å². The van der Waals surface area contributed by atoms with Gasteiger partial charge in [-0.05, 0) is 63.7 Å². The van der Waals surface area contributed by atoms with Crippen LogP contribution in [-0.2, 0) is 10.8 Å². The Labute approximate surface area is 297 Å². The number of hydrogen-bond donors (Lipinski definition) is 0. The molecule has 0 fully saturated rings. The molecule has 0 bridgehead atoms. The Bertz CT molecular complexity index is 2610. The summed E-state index contributed by atoms with van der Waals surface area (Å²) in [5, 5.41) is 1.03. The van der Waals surface area contributed by atoms with E-state index in [4.69, 9.17) is 14.7 Å². The van der Waals surface area contributed by atoms with Crippen molar-refractivity contribution in [2.45, 2.75) is 24.7 Å². The summed E-state index contributed by atoms with van der Waals surface area (Å²) in [6.07, 6.45) is 0. The van der Waals surface area contributed by atoms with Crippen molar-refractivity contribution in [1.82, 2.24) is 9.97 Å². The van der Waals surface area contributed by atoms with Crippen molar-refractivity contribution in [3.63, 3.8) is 0 Å². The second-order valence-electron chi connectivity index (χ2n) is 14.1. The molecule has 0 atom stereocenters. The zero-order chi connectivity index (χ0) is 34.2. The van der Waals surface area contributed by atoms with E-state index in [1.807, 2.05) is 24.3 Å². The van der Waals surface area contributed by atoms with Gasteiger partial charge < -0.3 is 4.74 Å². The zero-order valence-electron chi connectivity index (χ0n) is 28.5. The molecule has 2 aliphatic rings. The fourth-order valence-electron chi connectivity index (χ4n) is 8.66. The van der Waals surface area contributed by atoms with Gasteiger partial charge in [-0.2, -0.15) is 0 Å². The van der Waals surface area contributed by atoms with Gasteiger partial charge in [0.15, 0.2) is 5.82 Å². The van der Waals surface area contributed by atoms with Crippen molar-refractivity contribution < 1.29 is 4.74 Å². The molecule has 0 N–H and O–H groups in total. The van der Waals surface area contributed by atoms with E-state index in [0.717, 1.165) is 56.2 Å². The Morgan fingerprint density at radius 1 is 0.412 bits per heavy atom. The summed E-state index contributed by atoms with van der Waals surface area (Å²) < 4.78 is 6.63. The van der Waals surface area contributed by atoms with Crippen LogP contribution < -0.4 is 4.74 Å². The maximum atomic E-state index is 6.63. The third-order valence-electron chi connectivity index (χ3n) is 11.0. The van der Waals surface area contributed by atoms with Crippen molar-refractivity contribution in [1.29, 1.82) is 0 Å². The second-order valence-corrected chi connectivity index (χ2v) is 14.1. The van der Waals surface area contributed by atoms with E-state index in [2.05, 4.69) is 159 Å². The minimum absolute atomic E-state index is 0.215. The summed E-state index contributed by atoms with van der Waals surface area (Å²) >= 11 is 0. The van der Waals surface area contributed by atoms with Gasteiger partial charge in [-0.15, -0.1) is 0 Å². The monoisotopic (exact) mass is 654 g/mol. The molecule has 0 amide bonds. The Hall–Kier alpha value is -6.32. The molecule has 1 aliphatic heterocycles. The highest BCUT2D eigenvalue weighted by molar-refractivity contribution is 5.94. The van der Waals surface area contributed by atoms with Crippen LogP contribution >= 0.6 is 0 Å². The molecule has 7 aromatic carbocycles. The van der Waals surface area contributed by atoms with Crippen LogP contribution in [-0.4, -0.2) is 9.97 Å². The molecule has 1 spiro atoms. The number of aromatic nitrogens is 2. The topological polar surface area (TPSA) is 35.0 Å². The standard InChI is InChI=1S/C48H34N2O/c1-47(2)36-20-7-8-21-38(36)48(39-22-9-12-25-43(39)51-44-26-13-10-23-40(44)48)41-30-33(27-28-37(41)47)32-17-14-18-34(29-32)45-35-19-6-11-24-42(35)49-46(50-45)31-15-4-3-5-16-31/h3-30H,1-2H3. The third-order valence-corrected chi connectivity index (χ3v) is 11.0. The maximum absolute atomic E-state index is 6.63. The number of hydrogen-bond acceptors (Lipinski definition) is 3. The Morgan fingerprint density at radius 3 is 1.75 bits per heavy atom. The lowest BCUT2D eigenvalue weighted by Crippen LogP contribution is -2.43. The molecule has 3 nitrogen and oxygen atoms in total. The number of ether oxygens (including phenoxy) is 1. The van der Waals surface area contributed by atoms with Crippen LogP contribution in [0, 0.1) is 0 Å². The average molecular weight is 655 g/mol. The minimum Gasteiger partial charge on any atom is -0.457 e. The number of fused-ring (bicyclic) bond motifs is 9. The van der Waals surface area contributed by atoms with Gasteiger partial charge in [0, 0.05) is 33.1 Å². The first-order chi connectivity index (χ1) is 25.0.